The van der Waals surface area contributed by atoms with Crippen LogP contribution in [0.25, 0.3) is 11.8 Å². The predicted octanol–water partition coefficient (Wildman–Crippen LogP) is 8.87. The first-order valence-corrected chi connectivity index (χ1v) is 29.6. The number of Topliss-reactive ketones (excluding diaryl/α,β-unsaturated/α-hetero) is 2. The summed E-state index contributed by atoms with van der Waals surface area (Å²) in [7, 11) is 1.33. The number of aliphatic hydroxyl groups excluding tert-OH is 2. The molecule has 3 aromatic rings. The van der Waals surface area contributed by atoms with Gasteiger partial charge in [0.25, 0.3) is 0 Å². The maximum absolute atomic E-state index is 16.5. The second kappa shape index (κ2) is 19.5. The number of hydrogen-bond acceptors (Lipinski definition) is 17. The van der Waals surface area contributed by atoms with E-state index in [4.69, 9.17) is 42.6 Å². The summed E-state index contributed by atoms with van der Waals surface area (Å²) >= 11 is 0. The SMILES string of the molecule is COC(=O)/C(C)=C\CC12OC(C)(C)[C@H]3[C@H](C)[C@H](C1=O)C1C4=C(c5ccccc5C4=O)N4CCNC45c4c(OC(=O)c6ccc(O[C@@H]7O[C@@H]8COC(C)(C)O[C@H]8[C@H](O)[C@H]7O)cc6)c6c(c(CC=C(C)C)c4OC32C15)OC(C)(CCC=C(C)C)C=C6. The van der Waals surface area contributed by atoms with Crippen molar-refractivity contribution in [2.75, 3.05) is 26.8 Å². The average molecular weight is 1150 g/mol. The summed E-state index contributed by atoms with van der Waals surface area (Å²) in [5.74, 6) is -4.32. The third-order valence-corrected chi connectivity index (χ3v) is 19.8. The Morgan fingerprint density at radius 3 is 2.31 bits per heavy atom. The molecule has 3 saturated carbocycles. The van der Waals surface area contributed by atoms with Gasteiger partial charge in [-0.05, 0) is 131 Å². The van der Waals surface area contributed by atoms with Crippen LogP contribution >= 0.6 is 0 Å². The van der Waals surface area contributed by atoms with Crippen LogP contribution < -0.4 is 24.3 Å². The highest BCUT2D eigenvalue weighted by atomic mass is 16.8. The molecule has 11 aliphatic rings. The van der Waals surface area contributed by atoms with Gasteiger partial charge in [0, 0.05) is 65.1 Å². The third kappa shape index (κ3) is 7.97. The van der Waals surface area contributed by atoms with Crippen LogP contribution in [0.3, 0.4) is 0 Å². The number of esters is 2. The van der Waals surface area contributed by atoms with Crippen molar-refractivity contribution in [3.05, 3.63) is 129 Å². The lowest BCUT2D eigenvalue weighted by Crippen LogP contribution is -2.85. The number of ketones is 2. The Hall–Kier alpha value is -6.44. The van der Waals surface area contributed by atoms with Gasteiger partial charge >= 0.3 is 11.9 Å². The van der Waals surface area contributed by atoms with Gasteiger partial charge in [-0.15, -0.1) is 0 Å². The van der Waals surface area contributed by atoms with Crippen molar-refractivity contribution in [3.63, 3.8) is 0 Å². The molecule has 14 atom stereocenters. The van der Waals surface area contributed by atoms with Crippen molar-refractivity contribution in [3.8, 4) is 23.0 Å². The number of ether oxygens (including phenoxy) is 9. The largest absolute Gasteiger partial charge is 0.482 e. The van der Waals surface area contributed by atoms with Crippen molar-refractivity contribution in [1.29, 1.82) is 0 Å². The van der Waals surface area contributed by atoms with E-state index in [1.165, 1.54) is 12.7 Å². The number of carbonyl (C=O) groups is 4. The molecule has 17 nitrogen and oxygen atoms in total. The van der Waals surface area contributed by atoms with Crippen molar-refractivity contribution in [2.24, 2.45) is 29.6 Å². The quantitative estimate of drug-likeness (QED) is 0.0670. The van der Waals surface area contributed by atoms with Crippen LogP contribution in [0.15, 0.2) is 95.1 Å². The summed E-state index contributed by atoms with van der Waals surface area (Å²) in [6.45, 7) is 22.5. The Kier molecular flexibility index (Phi) is 13.2. The zero-order valence-electron chi connectivity index (χ0n) is 49.9. The van der Waals surface area contributed by atoms with E-state index in [-0.39, 0.29) is 47.6 Å². The van der Waals surface area contributed by atoms with Crippen molar-refractivity contribution in [2.45, 2.75) is 166 Å². The van der Waals surface area contributed by atoms with Crippen LogP contribution in [0.2, 0.25) is 0 Å². The highest BCUT2D eigenvalue weighted by Gasteiger charge is 2.90. The maximum Gasteiger partial charge on any atom is 0.343 e. The number of rotatable bonds is 12. The van der Waals surface area contributed by atoms with E-state index in [0.29, 0.717) is 70.8 Å². The summed E-state index contributed by atoms with van der Waals surface area (Å²) < 4.78 is 59.4. The molecule has 3 N–H and O–H groups in total. The number of methoxy groups -OCH3 is 1. The normalized spacial score (nSPS) is 35.5. The number of benzene rings is 3. The fourth-order valence-electron chi connectivity index (χ4n) is 16.6. The van der Waals surface area contributed by atoms with Gasteiger partial charge in [0.05, 0.1) is 47.6 Å². The molecule has 7 heterocycles. The fraction of sp³-hybridized carbons (Fsp3) is 0.522. The van der Waals surface area contributed by atoms with E-state index in [9.17, 15) is 15.0 Å². The number of hydrogen-bond donors (Lipinski definition) is 3. The highest BCUT2D eigenvalue weighted by molar-refractivity contribution is 6.22. The highest BCUT2D eigenvalue weighted by Crippen LogP contribution is 2.79. The van der Waals surface area contributed by atoms with E-state index < -0.39 is 100 Å². The molecule has 7 fully saturated rings. The molecule has 84 heavy (non-hydrogen) atoms. The lowest BCUT2D eigenvalue weighted by Gasteiger charge is -2.72. The molecule has 14 rings (SSSR count). The minimum absolute atomic E-state index is 0.0310. The topological polar surface area (TPSA) is 207 Å². The Balaban J connectivity index is 1.03. The van der Waals surface area contributed by atoms with Crippen molar-refractivity contribution >= 4 is 35.3 Å². The molecule has 17 heteroatoms. The summed E-state index contributed by atoms with van der Waals surface area (Å²) in [5, 5.41) is 26.5. The molecule has 0 radical (unpaired) electrons. The molecule has 4 aliphatic carbocycles. The van der Waals surface area contributed by atoms with E-state index in [0.717, 1.165) is 23.3 Å². The number of aliphatic hydroxyl groups is 2. The Morgan fingerprint density at radius 1 is 0.869 bits per heavy atom. The van der Waals surface area contributed by atoms with Gasteiger partial charge in [0.1, 0.15) is 52.9 Å². The lowest BCUT2D eigenvalue weighted by molar-refractivity contribution is -0.373. The summed E-state index contributed by atoms with van der Waals surface area (Å²) in [6, 6.07) is 13.9. The predicted molar refractivity (Wildman–Crippen MR) is 308 cm³/mol. The molecule has 3 aromatic carbocycles. The number of nitrogens with one attached hydrogen (secondary N) is 1. The van der Waals surface area contributed by atoms with Crippen LogP contribution in [-0.4, -0.2) is 124 Å². The Morgan fingerprint density at radius 2 is 1.60 bits per heavy atom. The monoisotopic (exact) mass is 1150 g/mol. The molecule has 4 saturated heterocycles. The second-order valence-electron chi connectivity index (χ2n) is 26.4. The molecule has 2 spiro atoms. The molecular formula is C67H76N2O15. The third-order valence-electron chi connectivity index (χ3n) is 19.8. The van der Waals surface area contributed by atoms with E-state index >= 15 is 14.4 Å². The van der Waals surface area contributed by atoms with Crippen LogP contribution in [0, 0.1) is 29.6 Å². The van der Waals surface area contributed by atoms with Gasteiger partial charge in [-0.25, -0.2) is 9.59 Å². The van der Waals surface area contributed by atoms with E-state index in [1.807, 2.05) is 71.0 Å². The van der Waals surface area contributed by atoms with Gasteiger partial charge in [0.2, 0.25) is 6.29 Å². The number of carbonyl (C=O) groups excluding carboxylic acids is 4. The molecule has 444 valence electrons. The standard InChI is InChI=1S/C67H76N2O15/c1-33(2)16-15-27-64(11)28-26-42-52(82-64)41(24-19-34(3)4)54-47(53(42)80-60(75)37-20-22-38(23-21-37)78-61-51(72)50(71)55-43(79-61)32-77-63(9,10)81-55)67-57-45(46-48(69(67)31-30-68-67)39-17-13-14-18-40(39)49(46)70)44-36(6)56-62(7,8)84-65(58(44)73,66(56,57)83-54)29-25-35(5)59(74)76-12/h13-14,16-23,25-26,28,36,43-45,50-51,55-57,61,68,71-72H,15,24,27,29-32H2,1-12H3/b35-25-/t36-,43-,44+,45?,50-,51-,55-,56-,57?,61-,64?,65?,66?,67?/m1/s1. The number of fused-ring (bicyclic) bond motifs is 6. The second-order valence-corrected chi connectivity index (χ2v) is 26.4. The van der Waals surface area contributed by atoms with Gasteiger partial charge in [-0.3, -0.25) is 14.9 Å². The average Bonchev–Trinajstić information content (AvgIpc) is 1.14. The first-order chi connectivity index (χ1) is 39.8. The molecule has 4 bridgehead atoms. The summed E-state index contributed by atoms with van der Waals surface area (Å²) in [6.07, 6.45) is 6.06. The van der Waals surface area contributed by atoms with E-state index in [1.54, 1.807) is 51.1 Å². The van der Waals surface area contributed by atoms with Gasteiger partial charge in [-0.2, -0.15) is 0 Å². The maximum atomic E-state index is 16.5. The fourth-order valence-corrected chi connectivity index (χ4v) is 16.6. The minimum atomic E-state index is -1.71. The van der Waals surface area contributed by atoms with Crippen LogP contribution in [0.5, 0.6) is 23.0 Å². The summed E-state index contributed by atoms with van der Waals surface area (Å²) in [4.78, 5) is 63.1. The molecule has 6 unspecified atom stereocenters. The summed E-state index contributed by atoms with van der Waals surface area (Å²) in [5.41, 5.74) is 0.607. The van der Waals surface area contributed by atoms with Crippen LogP contribution in [0.4, 0.5) is 0 Å². The number of allylic oxidation sites excluding steroid dienone is 5. The van der Waals surface area contributed by atoms with Gasteiger partial charge in [0.15, 0.2) is 34.3 Å². The zero-order chi connectivity index (χ0) is 59.5. The number of nitrogens with zero attached hydrogens (tertiary/aromatic N) is 1. The van der Waals surface area contributed by atoms with Gasteiger partial charge in [-0.1, -0.05) is 60.6 Å². The molecule has 0 aromatic heterocycles. The van der Waals surface area contributed by atoms with E-state index in [2.05, 4.69) is 43.1 Å². The minimum Gasteiger partial charge on any atom is -0.482 e. The Labute approximate surface area is 489 Å². The Bertz CT molecular complexity index is 3490. The smallest absolute Gasteiger partial charge is 0.343 e. The van der Waals surface area contributed by atoms with Crippen molar-refractivity contribution in [1.82, 2.24) is 10.2 Å². The first-order valence-electron chi connectivity index (χ1n) is 29.6. The molecular weight excluding hydrogens is 1070 g/mol. The zero-order valence-corrected chi connectivity index (χ0v) is 49.9. The van der Waals surface area contributed by atoms with Crippen LogP contribution in [0.1, 0.15) is 138 Å². The first kappa shape index (κ1) is 56.7. The molecule has 7 aliphatic heterocycles. The van der Waals surface area contributed by atoms with Crippen molar-refractivity contribution < 1.29 is 72.0 Å². The van der Waals surface area contributed by atoms with Crippen LogP contribution in [-0.2, 0) is 45.4 Å². The lowest BCUT2D eigenvalue weighted by atomic mass is 9.37. The molecule has 0 amide bonds. The van der Waals surface area contributed by atoms with Gasteiger partial charge < -0.3 is 57.7 Å².